The largest absolute Gasteiger partial charge is 0.325 e. The first-order chi connectivity index (χ1) is 12.1. The van der Waals surface area contributed by atoms with Crippen LogP contribution in [0.15, 0.2) is 36.7 Å². The molecule has 0 radical (unpaired) electrons. The fourth-order valence-corrected chi connectivity index (χ4v) is 3.46. The molecule has 1 saturated heterocycles. The van der Waals surface area contributed by atoms with E-state index in [-0.39, 0.29) is 11.8 Å². The predicted molar refractivity (Wildman–Crippen MR) is 94.2 cm³/mol. The second kappa shape index (κ2) is 5.85. The van der Waals surface area contributed by atoms with Crippen LogP contribution in [-0.4, -0.2) is 22.4 Å². The number of nitriles is 1. The van der Waals surface area contributed by atoms with Crippen LogP contribution in [-0.2, 0) is 4.79 Å². The number of hydrogen-bond donors (Lipinski definition) is 1. The molecule has 2 fully saturated rings. The van der Waals surface area contributed by atoms with Gasteiger partial charge in [-0.1, -0.05) is 6.07 Å². The number of nitrogens with zero attached hydrogens (tertiary/aromatic N) is 4. The van der Waals surface area contributed by atoms with E-state index in [4.69, 9.17) is 0 Å². The summed E-state index contributed by atoms with van der Waals surface area (Å²) in [4.78, 5) is 23.2. The average Bonchev–Trinajstić information content (AvgIpc) is 3.42. The van der Waals surface area contributed by atoms with Crippen LogP contribution < -0.4 is 10.2 Å². The summed E-state index contributed by atoms with van der Waals surface area (Å²) in [6.07, 6.45) is 6.03. The van der Waals surface area contributed by atoms with Gasteiger partial charge in [0.15, 0.2) is 0 Å². The summed E-state index contributed by atoms with van der Waals surface area (Å²) >= 11 is 0. The zero-order valence-corrected chi connectivity index (χ0v) is 14.1. The highest BCUT2D eigenvalue weighted by Gasteiger charge is 2.56. The highest BCUT2D eigenvalue weighted by Crippen LogP contribution is 2.51. The molecule has 2 aromatic rings. The quantitative estimate of drug-likeness (QED) is 0.929. The summed E-state index contributed by atoms with van der Waals surface area (Å²) in [6.45, 7) is 2.56. The van der Waals surface area contributed by atoms with Gasteiger partial charge in [0.2, 0.25) is 5.91 Å². The highest BCUT2D eigenvalue weighted by atomic mass is 16.2. The second-order valence-corrected chi connectivity index (χ2v) is 6.81. The average molecular weight is 333 g/mol. The molecule has 1 saturated carbocycles. The third-order valence-corrected chi connectivity index (χ3v) is 5.05. The van der Waals surface area contributed by atoms with Crippen molar-refractivity contribution in [2.75, 3.05) is 16.8 Å². The second-order valence-electron chi connectivity index (χ2n) is 6.81. The number of aryl methyl sites for hydroxylation is 1. The van der Waals surface area contributed by atoms with Crippen molar-refractivity contribution in [3.63, 3.8) is 0 Å². The zero-order chi connectivity index (χ0) is 17.4. The van der Waals surface area contributed by atoms with Gasteiger partial charge in [-0.2, -0.15) is 5.26 Å². The van der Waals surface area contributed by atoms with Gasteiger partial charge in [-0.15, -0.1) is 0 Å². The molecule has 1 aliphatic heterocycles. The molecule has 0 aromatic carbocycles. The molecule has 1 N–H and O–H groups in total. The standard InChI is InChI=1S/C19H19N5O/c1-13-2-5-16(22-11-13)23-17-10-15(6-8-21-17)24-9-7-19(12-20,18(24)25)14-3-4-14/h2,5-6,8,10-11,14H,3-4,7,9H2,1H3,(H,21,22,23)/t19-/m1/s1. The van der Waals surface area contributed by atoms with Crippen molar-refractivity contribution in [3.8, 4) is 6.07 Å². The van der Waals surface area contributed by atoms with E-state index in [0.29, 0.717) is 24.6 Å². The molecule has 0 unspecified atom stereocenters. The molecule has 1 aliphatic carbocycles. The van der Waals surface area contributed by atoms with Gasteiger partial charge in [0.05, 0.1) is 6.07 Å². The lowest BCUT2D eigenvalue weighted by molar-refractivity contribution is -0.123. The Bertz CT molecular complexity index is 853. The Morgan fingerprint density at radius 2 is 2.12 bits per heavy atom. The Labute approximate surface area is 146 Å². The van der Waals surface area contributed by atoms with Gasteiger partial charge < -0.3 is 10.2 Å². The van der Waals surface area contributed by atoms with E-state index in [1.165, 1.54) is 0 Å². The molecular formula is C19H19N5O. The predicted octanol–water partition coefficient (Wildman–Crippen LogP) is 3.19. The van der Waals surface area contributed by atoms with Crippen LogP contribution in [0, 0.1) is 29.6 Å². The Balaban J connectivity index is 1.57. The number of carbonyl (C=O) groups excluding carboxylic acids is 1. The van der Waals surface area contributed by atoms with Crippen LogP contribution in [0.3, 0.4) is 0 Å². The van der Waals surface area contributed by atoms with Crippen molar-refractivity contribution >= 4 is 23.2 Å². The van der Waals surface area contributed by atoms with Crippen LogP contribution in [0.5, 0.6) is 0 Å². The van der Waals surface area contributed by atoms with E-state index in [1.54, 1.807) is 17.3 Å². The Morgan fingerprint density at radius 3 is 2.80 bits per heavy atom. The van der Waals surface area contributed by atoms with Gasteiger partial charge in [0.1, 0.15) is 17.1 Å². The molecule has 0 bridgehead atoms. The van der Waals surface area contributed by atoms with Crippen LogP contribution in [0.25, 0.3) is 0 Å². The molecule has 1 amide bonds. The third kappa shape index (κ3) is 2.72. The summed E-state index contributed by atoms with van der Waals surface area (Å²) in [5.41, 5.74) is 1.03. The summed E-state index contributed by atoms with van der Waals surface area (Å²) in [7, 11) is 0. The van der Waals surface area contributed by atoms with Crippen LogP contribution in [0.2, 0.25) is 0 Å². The van der Waals surface area contributed by atoms with Gasteiger partial charge in [0, 0.05) is 30.7 Å². The fraction of sp³-hybridized carbons (Fsp3) is 0.368. The molecule has 0 spiro atoms. The molecule has 25 heavy (non-hydrogen) atoms. The summed E-state index contributed by atoms with van der Waals surface area (Å²) in [5.74, 6) is 1.49. The Kier molecular flexibility index (Phi) is 3.65. The van der Waals surface area contributed by atoms with Crippen molar-refractivity contribution in [3.05, 3.63) is 42.2 Å². The van der Waals surface area contributed by atoms with Crippen molar-refractivity contribution in [2.24, 2.45) is 11.3 Å². The maximum Gasteiger partial charge on any atom is 0.247 e. The van der Waals surface area contributed by atoms with Crippen molar-refractivity contribution in [2.45, 2.75) is 26.2 Å². The molecule has 2 aromatic heterocycles. The molecule has 6 nitrogen and oxygen atoms in total. The molecule has 126 valence electrons. The number of amides is 1. The van der Waals surface area contributed by atoms with E-state index in [0.717, 1.165) is 24.1 Å². The van der Waals surface area contributed by atoms with E-state index in [9.17, 15) is 10.1 Å². The van der Waals surface area contributed by atoms with Crippen molar-refractivity contribution < 1.29 is 4.79 Å². The summed E-state index contributed by atoms with van der Waals surface area (Å²) in [5, 5.41) is 12.8. The number of carbonyl (C=O) groups is 1. The maximum atomic E-state index is 12.9. The van der Waals surface area contributed by atoms with Crippen molar-refractivity contribution in [1.29, 1.82) is 5.26 Å². The maximum absolute atomic E-state index is 12.9. The SMILES string of the molecule is Cc1ccc(Nc2cc(N3CC[C@@](C#N)(C4CC4)C3=O)ccn2)nc1. The summed E-state index contributed by atoms with van der Waals surface area (Å²) < 4.78 is 0. The number of anilines is 3. The fourth-order valence-electron chi connectivity index (χ4n) is 3.46. The smallest absolute Gasteiger partial charge is 0.247 e. The van der Waals surface area contributed by atoms with Crippen LogP contribution in [0.1, 0.15) is 24.8 Å². The van der Waals surface area contributed by atoms with Crippen molar-refractivity contribution in [1.82, 2.24) is 9.97 Å². The van der Waals surface area contributed by atoms with E-state index in [1.807, 2.05) is 31.2 Å². The molecule has 6 heteroatoms. The van der Waals surface area contributed by atoms with Crippen LogP contribution in [0.4, 0.5) is 17.3 Å². The first kappa shape index (κ1) is 15.6. The monoisotopic (exact) mass is 333 g/mol. The third-order valence-electron chi connectivity index (χ3n) is 5.05. The minimum Gasteiger partial charge on any atom is -0.325 e. The molecule has 3 heterocycles. The minimum atomic E-state index is -0.824. The number of aromatic nitrogens is 2. The lowest BCUT2D eigenvalue weighted by Crippen LogP contribution is -2.35. The summed E-state index contributed by atoms with van der Waals surface area (Å²) in [6, 6.07) is 9.82. The zero-order valence-electron chi connectivity index (χ0n) is 14.1. The van der Waals surface area contributed by atoms with Gasteiger partial charge in [-0.05, 0) is 49.8 Å². The molecule has 2 aliphatic rings. The lowest BCUT2D eigenvalue weighted by atomic mass is 9.83. The number of nitrogens with one attached hydrogen (secondary N) is 1. The number of hydrogen-bond acceptors (Lipinski definition) is 5. The van der Waals surface area contributed by atoms with E-state index >= 15 is 0 Å². The lowest BCUT2D eigenvalue weighted by Gasteiger charge is -2.21. The molecule has 4 rings (SSSR count). The molecule has 1 atom stereocenters. The molecular weight excluding hydrogens is 314 g/mol. The highest BCUT2D eigenvalue weighted by molar-refractivity contribution is 6.02. The Morgan fingerprint density at radius 1 is 1.28 bits per heavy atom. The topological polar surface area (TPSA) is 81.9 Å². The first-order valence-electron chi connectivity index (χ1n) is 8.51. The van der Waals surface area contributed by atoms with Gasteiger partial charge in [-0.3, -0.25) is 4.79 Å². The number of rotatable bonds is 4. The van der Waals surface area contributed by atoms with Gasteiger partial charge >= 0.3 is 0 Å². The first-order valence-corrected chi connectivity index (χ1v) is 8.51. The van der Waals surface area contributed by atoms with Gasteiger partial charge in [-0.25, -0.2) is 9.97 Å². The number of pyridine rings is 2. The van der Waals surface area contributed by atoms with E-state index < -0.39 is 5.41 Å². The van der Waals surface area contributed by atoms with Crippen LogP contribution >= 0.6 is 0 Å². The Hall–Kier alpha value is -2.94. The minimum absolute atomic E-state index is 0.0666. The van der Waals surface area contributed by atoms with E-state index in [2.05, 4.69) is 21.4 Å². The van der Waals surface area contributed by atoms with Gasteiger partial charge in [0.25, 0.3) is 0 Å². The normalized spacial score (nSPS) is 22.7.